The average Bonchev–Trinajstić information content (AvgIpc) is 2.68. The van der Waals surface area contributed by atoms with E-state index in [1.165, 1.54) is 7.05 Å². The van der Waals surface area contributed by atoms with Gasteiger partial charge in [0.05, 0.1) is 17.7 Å². The summed E-state index contributed by atoms with van der Waals surface area (Å²) < 4.78 is 0. The number of imide groups is 1. The molecule has 3 amide bonds. The first kappa shape index (κ1) is 15.0. The summed E-state index contributed by atoms with van der Waals surface area (Å²) in [6.07, 6.45) is 0. The highest BCUT2D eigenvalue weighted by Gasteiger charge is 2.32. The Labute approximate surface area is 123 Å². The van der Waals surface area contributed by atoms with Crippen molar-refractivity contribution in [2.75, 3.05) is 26.0 Å². The van der Waals surface area contributed by atoms with Gasteiger partial charge < -0.3 is 10.2 Å². The van der Waals surface area contributed by atoms with Crippen LogP contribution in [0.25, 0.3) is 0 Å². The second-order valence-electron chi connectivity index (χ2n) is 5.38. The quantitative estimate of drug-likeness (QED) is 0.845. The van der Waals surface area contributed by atoms with Crippen molar-refractivity contribution in [2.24, 2.45) is 0 Å². The number of nitrogens with zero attached hydrogens (tertiary/aromatic N) is 2. The Hall–Kier alpha value is -2.37. The van der Waals surface area contributed by atoms with Crippen molar-refractivity contribution >= 4 is 23.4 Å². The fraction of sp³-hybridized carbons (Fsp3) is 0.400. The molecule has 1 aromatic rings. The second-order valence-corrected chi connectivity index (χ2v) is 5.38. The van der Waals surface area contributed by atoms with Crippen LogP contribution in [0.4, 0.5) is 5.69 Å². The lowest BCUT2D eigenvalue weighted by atomic mass is 10.1. The van der Waals surface area contributed by atoms with Crippen molar-refractivity contribution in [1.29, 1.82) is 0 Å². The SMILES string of the molecule is CC(C)N(C)C(=O)CNc1ccc2c(c1)C(=O)N(C)C2=O. The Kier molecular flexibility index (Phi) is 3.97. The molecule has 0 unspecified atom stereocenters. The molecule has 21 heavy (non-hydrogen) atoms. The number of nitrogens with one attached hydrogen (secondary N) is 1. The van der Waals surface area contributed by atoms with Gasteiger partial charge in [-0.1, -0.05) is 0 Å². The molecule has 6 heteroatoms. The molecule has 0 atom stereocenters. The van der Waals surface area contributed by atoms with Crippen LogP contribution < -0.4 is 5.32 Å². The fourth-order valence-corrected chi connectivity index (χ4v) is 2.06. The lowest BCUT2D eigenvalue weighted by Gasteiger charge is -2.21. The molecule has 112 valence electrons. The van der Waals surface area contributed by atoms with Crippen molar-refractivity contribution in [1.82, 2.24) is 9.80 Å². The monoisotopic (exact) mass is 289 g/mol. The van der Waals surface area contributed by atoms with Crippen molar-refractivity contribution in [3.05, 3.63) is 29.3 Å². The first-order valence-corrected chi connectivity index (χ1v) is 6.79. The molecule has 1 aliphatic heterocycles. The molecular weight excluding hydrogens is 270 g/mol. The Morgan fingerprint density at radius 1 is 1.24 bits per heavy atom. The molecule has 0 aromatic heterocycles. The van der Waals surface area contributed by atoms with Gasteiger partial charge in [0.2, 0.25) is 5.91 Å². The minimum atomic E-state index is -0.315. The van der Waals surface area contributed by atoms with Crippen molar-refractivity contribution in [3.8, 4) is 0 Å². The number of anilines is 1. The van der Waals surface area contributed by atoms with E-state index in [1.807, 2.05) is 13.8 Å². The topological polar surface area (TPSA) is 69.7 Å². The van der Waals surface area contributed by atoms with Gasteiger partial charge in [0.1, 0.15) is 0 Å². The molecule has 6 nitrogen and oxygen atoms in total. The highest BCUT2D eigenvalue weighted by Crippen LogP contribution is 2.24. The molecule has 0 aliphatic carbocycles. The largest absolute Gasteiger partial charge is 0.376 e. The second kappa shape index (κ2) is 5.55. The first-order valence-electron chi connectivity index (χ1n) is 6.79. The van der Waals surface area contributed by atoms with Crippen LogP contribution in [0.3, 0.4) is 0 Å². The molecule has 1 aromatic carbocycles. The summed E-state index contributed by atoms with van der Waals surface area (Å²) >= 11 is 0. The van der Waals surface area contributed by atoms with Crippen LogP contribution in [0.5, 0.6) is 0 Å². The van der Waals surface area contributed by atoms with E-state index >= 15 is 0 Å². The average molecular weight is 289 g/mol. The van der Waals surface area contributed by atoms with Crippen molar-refractivity contribution in [3.63, 3.8) is 0 Å². The van der Waals surface area contributed by atoms with Gasteiger partial charge in [-0.3, -0.25) is 19.3 Å². The van der Waals surface area contributed by atoms with Gasteiger partial charge in [-0.05, 0) is 32.0 Å². The van der Waals surface area contributed by atoms with Crippen LogP contribution in [-0.2, 0) is 4.79 Å². The summed E-state index contributed by atoms with van der Waals surface area (Å²) in [5.41, 5.74) is 1.42. The summed E-state index contributed by atoms with van der Waals surface area (Å²) in [6.45, 7) is 4.02. The third-order valence-electron chi connectivity index (χ3n) is 3.70. The number of benzene rings is 1. The van der Waals surface area contributed by atoms with E-state index in [0.717, 1.165) is 4.90 Å². The molecule has 1 N–H and O–H groups in total. The molecule has 1 aliphatic rings. The molecule has 0 saturated carbocycles. The molecule has 0 saturated heterocycles. The fourth-order valence-electron chi connectivity index (χ4n) is 2.06. The van der Waals surface area contributed by atoms with Crippen molar-refractivity contribution < 1.29 is 14.4 Å². The summed E-state index contributed by atoms with van der Waals surface area (Å²) in [5, 5.41) is 2.99. The van der Waals surface area contributed by atoms with E-state index in [2.05, 4.69) is 5.32 Å². The maximum absolute atomic E-state index is 11.9. The predicted octanol–water partition coefficient (Wildman–Crippen LogP) is 1.19. The van der Waals surface area contributed by atoms with Gasteiger partial charge in [0.15, 0.2) is 0 Å². The maximum atomic E-state index is 11.9. The van der Waals surface area contributed by atoms with Gasteiger partial charge in [0.25, 0.3) is 11.8 Å². The van der Waals surface area contributed by atoms with Gasteiger partial charge in [-0.15, -0.1) is 0 Å². The van der Waals surface area contributed by atoms with E-state index in [4.69, 9.17) is 0 Å². The number of hydrogen-bond acceptors (Lipinski definition) is 4. The number of fused-ring (bicyclic) bond motifs is 1. The third kappa shape index (κ3) is 2.74. The minimum Gasteiger partial charge on any atom is -0.376 e. The minimum absolute atomic E-state index is 0.0370. The maximum Gasteiger partial charge on any atom is 0.261 e. The zero-order valence-electron chi connectivity index (χ0n) is 12.6. The number of carbonyl (C=O) groups excluding carboxylic acids is 3. The normalized spacial score (nSPS) is 13.7. The summed E-state index contributed by atoms with van der Waals surface area (Å²) in [7, 11) is 3.20. The van der Waals surface area contributed by atoms with Crippen LogP contribution in [-0.4, -0.2) is 54.2 Å². The smallest absolute Gasteiger partial charge is 0.261 e. The standard InChI is InChI=1S/C15H19N3O3/c1-9(2)17(3)13(19)8-16-10-5-6-11-12(7-10)15(21)18(4)14(11)20/h5-7,9,16H,8H2,1-4H3. The Balaban J connectivity index is 2.09. The van der Waals surface area contributed by atoms with Crippen LogP contribution in [0.2, 0.25) is 0 Å². The Morgan fingerprint density at radius 2 is 1.86 bits per heavy atom. The molecule has 1 heterocycles. The zero-order valence-corrected chi connectivity index (χ0v) is 12.6. The first-order chi connectivity index (χ1) is 9.82. The lowest BCUT2D eigenvalue weighted by molar-refractivity contribution is -0.129. The molecule has 0 radical (unpaired) electrons. The summed E-state index contributed by atoms with van der Waals surface area (Å²) in [6, 6.07) is 5.05. The zero-order chi connectivity index (χ0) is 15.7. The highest BCUT2D eigenvalue weighted by atomic mass is 16.2. The van der Waals surface area contributed by atoms with Crippen LogP contribution in [0.15, 0.2) is 18.2 Å². The Bertz CT molecular complexity index is 610. The lowest BCUT2D eigenvalue weighted by Crippen LogP contribution is -2.37. The predicted molar refractivity (Wildman–Crippen MR) is 79.3 cm³/mol. The number of amides is 3. The van der Waals surface area contributed by atoms with Gasteiger partial charge in [0, 0.05) is 25.8 Å². The molecule has 0 spiro atoms. The van der Waals surface area contributed by atoms with E-state index in [0.29, 0.717) is 16.8 Å². The van der Waals surface area contributed by atoms with Crippen LogP contribution in [0, 0.1) is 0 Å². The van der Waals surface area contributed by atoms with Gasteiger partial charge in [-0.25, -0.2) is 0 Å². The number of likely N-dealkylation sites (N-methyl/N-ethyl adjacent to an activating group) is 1. The van der Waals surface area contributed by atoms with Crippen molar-refractivity contribution in [2.45, 2.75) is 19.9 Å². The van der Waals surface area contributed by atoms with E-state index < -0.39 is 0 Å². The Morgan fingerprint density at radius 3 is 2.48 bits per heavy atom. The number of hydrogen-bond donors (Lipinski definition) is 1. The van der Waals surface area contributed by atoms with Crippen LogP contribution >= 0.6 is 0 Å². The molecule has 2 rings (SSSR count). The van der Waals surface area contributed by atoms with E-state index in [-0.39, 0.29) is 30.3 Å². The van der Waals surface area contributed by atoms with E-state index in [1.54, 1.807) is 30.1 Å². The van der Waals surface area contributed by atoms with Crippen LogP contribution in [0.1, 0.15) is 34.6 Å². The molecule has 0 bridgehead atoms. The summed E-state index contributed by atoms with van der Waals surface area (Å²) in [4.78, 5) is 38.3. The number of carbonyl (C=O) groups is 3. The summed E-state index contributed by atoms with van der Waals surface area (Å²) in [5.74, 6) is -0.647. The number of rotatable bonds is 4. The third-order valence-corrected chi connectivity index (χ3v) is 3.70. The van der Waals surface area contributed by atoms with E-state index in [9.17, 15) is 14.4 Å². The molecular formula is C15H19N3O3. The van der Waals surface area contributed by atoms with Gasteiger partial charge >= 0.3 is 0 Å². The van der Waals surface area contributed by atoms with Gasteiger partial charge in [-0.2, -0.15) is 0 Å². The molecule has 0 fully saturated rings. The highest BCUT2D eigenvalue weighted by molar-refractivity contribution is 6.21.